The maximum atomic E-state index is 11.8. The smallest absolute Gasteiger partial charge is 0.144 e. The van der Waals surface area contributed by atoms with Gasteiger partial charge < -0.3 is 4.55 Å². The third kappa shape index (κ3) is 2.39. The van der Waals surface area contributed by atoms with Crippen LogP contribution in [0, 0.1) is 11.3 Å². The number of nitrogens with zero attached hydrogens (tertiary/aromatic N) is 1. The van der Waals surface area contributed by atoms with Crippen molar-refractivity contribution < 1.29 is 4.55 Å². The maximum absolute atomic E-state index is 11.8. The van der Waals surface area contributed by atoms with Crippen LogP contribution in [0.15, 0.2) is 4.40 Å². The van der Waals surface area contributed by atoms with E-state index in [-0.39, 0.29) is 4.75 Å². The van der Waals surface area contributed by atoms with Gasteiger partial charge in [0.2, 0.25) is 0 Å². The van der Waals surface area contributed by atoms with Gasteiger partial charge >= 0.3 is 0 Å². The van der Waals surface area contributed by atoms with Crippen LogP contribution >= 0.6 is 0 Å². The van der Waals surface area contributed by atoms with E-state index in [1.54, 1.807) is 0 Å². The van der Waals surface area contributed by atoms with Crippen LogP contribution in [0.25, 0.3) is 0 Å². The van der Waals surface area contributed by atoms with Gasteiger partial charge in [-0.05, 0) is 46.0 Å². The summed E-state index contributed by atoms with van der Waals surface area (Å²) in [6, 6.07) is 0. The van der Waals surface area contributed by atoms with Crippen molar-refractivity contribution in [2.45, 2.75) is 57.6 Å². The van der Waals surface area contributed by atoms with Crippen molar-refractivity contribution in [3.05, 3.63) is 0 Å². The molecule has 86 valence electrons. The van der Waals surface area contributed by atoms with Gasteiger partial charge in [-0.1, -0.05) is 17.2 Å². The highest BCUT2D eigenvalue weighted by atomic mass is 32.2. The molecule has 2 nitrogen and oxygen atoms in total. The van der Waals surface area contributed by atoms with E-state index in [0.29, 0.717) is 5.41 Å². The topological polar surface area (TPSA) is 35.4 Å². The van der Waals surface area contributed by atoms with Crippen LogP contribution in [0.2, 0.25) is 0 Å². The Hall–Kier alpha value is -0.0200. The summed E-state index contributed by atoms with van der Waals surface area (Å²) in [5.41, 5.74) is 0.360. The van der Waals surface area contributed by atoms with E-state index in [2.05, 4.69) is 4.40 Å². The van der Waals surface area contributed by atoms with Crippen molar-refractivity contribution in [2.24, 2.45) is 15.7 Å². The minimum absolute atomic E-state index is 0.216. The molecule has 0 radical (unpaired) electrons. The molecular formula is C12H21NOS. The molecule has 2 saturated carbocycles. The molecule has 2 rings (SSSR count). The minimum Gasteiger partial charge on any atom is -0.591 e. The fourth-order valence-electron chi connectivity index (χ4n) is 2.47. The molecular weight excluding hydrogens is 206 g/mol. The lowest BCUT2D eigenvalue weighted by Gasteiger charge is -2.20. The van der Waals surface area contributed by atoms with Gasteiger partial charge in [-0.25, -0.2) is 0 Å². The zero-order valence-electron chi connectivity index (χ0n) is 9.95. The monoisotopic (exact) mass is 227 g/mol. The lowest BCUT2D eigenvalue weighted by molar-refractivity contribution is 0.431. The standard InChI is InChI=1S/C12H21NOS/c1-11(2,3)15(14)13-9-12-7-5-4-6-10(12)8-12/h9-10H,4-8H2,1-3H3/b13-9-. The first-order chi connectivity index (χ1) is 6.94. The van der Waals surface area contributed by atoms with Gasteiger partial charge in [0.25, 0.3) is 0 Å². The highest BCUT2D eigenvalue weighted by Gasteiger charge is 2.54. The fourth-order valence-corrected chi connectivity index (χ4v) is 3.10. The van der Waals surface area contributed by atoms with Crippen molar-refractivity contribution in [3.8, 4) is 0 Å². The van der Waals surface area contributed by atoms with Crippen molar-refractivity contribution in [3.63, 3.8) is 0 Å². The molecule has 0 saturated heterocycles. The van der Waals surface area contributed by atoms with Crippen LogP contribution in [0.1, 0.15) is 52.9 Å². The van der Waals surface area contributed by atoms with Crippen molar-refractivity contribution in [2.75, 3.05) is 0 Å². The van der Waals surface area contributed by atoms with Gasteiger partial charge in [0.1, 0.15) is 16.1 Å². The first-order valence-corrected chi connectivity index (χ1v) is 7.02. The van der Waals surface area contributed by atoms with E-state index in [4.69, 9.17) is 0 Å². The summed E-state index contributed by atoms with van der Waals surface area (Å²) in [7, 11) is 0. The summed E-state index contributed by atoms with van der Waals surface area (Å²) in [5, 5.41) is 0. The summed E-state index contributed by atoms with van der Waals surface area (Å²) in [6.45, 7) is 5.93. The van der Waals surface area contributed by atoms with E-state index in [1.807, 2.05) is 27.0 Å². The molecule has 0 bridgehead atoms. The van der Waals surface area contributed by atoms with Crippen LogP contribution < -0.4 is 0 Å². The van der Waals surface area contributed by atoms with Gasteiger partial charge in [0, 0.05) is 5.41 Å². The van der Waals surface area contributed by atoms with Gasteiger partial charge in [-0.3, -0.25) is 0 Å². The van der Waals surface area contributed by atoms with E-state index in [0.717, 1.165) is 5.92 Å². The zero-order chi connectivity index (χ0) is 11.1. The van der Waals surface area contributed by atoms with E-state index in [9.17, 15) is 4.55 Å². The lowest BCUT2D eigenvalue weighted by atomic mass is 9.90. The fraction of sp³-hybridized carbons (Fsp3) is 0.917. The van der Waals surface area contributed by atoms with Crippen LogP contribution in [0.4, 0.5) is 0 Å². The highest BCUT2D eigenvalue weighted by Crippen LogP contribution is 2.60. The summed E-state index contributed by atoms with van der Waals surface area (Å²) in [5.74, 6) is 0.854. The minimum atomic E-state index is -1.07. The molecule has 0 heterocycles. The first-order valence-electron chi connectivity index (χ1n) is 5.91. The van der Waals surface area contributed by atoms with Crippen LogP contribution in [0.5, 0.6) is 0 Å². The van der Waals surface area contributed by atoms with Gasteiger partial charge in [0.15, 0.2) is 0 Å². The normalized spacial score (nSPS) is 37.7. The third-order valence-corrected chi connectivity index (χ3v) is 5.00. The highest BCUT2D eigenvalue weighted by molar-refractivity contribution is 7.91. The van der Waals surface area contributed by atoms with Gasteiger partial charge in [-0.15, -0.1) is 0 Å². The molecule has 2 aliphatic carbocycles. The second kappa shape index (κ2) is 3.77. The lowest BCUT2D eigenvalue weighted by Crippen LogP contribution is -2.26. The Morgan fingerprint density at radius 1 is 1.40 bits per heavy atom. The molecule has 0 aromatic heterocycles. The number of hydrogen-bond acceptors (Lipinski definition) is 2. The Labute approximate surface area is 95.9 Å². The average molecular weight is 227 g/mol. The second-order valence-electron chi connectivity index (χ2n) is 5.98. The Balaban J connectivity index is 1.95. The van der Waals surface area contributed by atoms with Gasteiger partial charge in [0.05, 0.1) is 6.21 Å². The molecule has 3 unspecified atom stereocenters. The number of fused-ring (bicyclic) bond motifs is 1. The molecule has 2 aliphatic rings. The van der Waals surface area contributed by atoms with Gasteiger partial charge in [-0.2, -0.15) is 0 Å². The van der Waals surface area contributed by atoms with E-state index in [1.165, 1.54) is 32.1 Å². The summed E-state index contributed by atoms with van der Waals surface area (Å²) >= 11 is -1.07. The molecule has 0 spiro atoms. The third-order valence-electron chi connectivity index (χ3n) is 3.65. The first kappa shape index (κ1) is 11.5. The Bertz CT molecular complexity index is 271. The van der Waals surface area contributed by atoms with Crippen molar-refractivity contribution in [1.29, 1.82) is 0 Å². The SMILES string of the molecule is CC(C)(C)[S+]([O-])/N=C\C12CCCCC1C2. The molecule has 3 atom stereocenters. The Kier molecular flexibility index (Phi) is 2.89. The molecule has 0 amide bonds. The quantitative estimate of drug-likeness (QED) is 0.527. The van der Waals surface area contributed by atoms with Crippen LogP contribution in [-0.2, 0) is 11.4 Å². The molecule has 0 aliphatic heterocycles. The average Bonchev–Trinajstić information content (AvgIpc) is 2.87. The van der Waals surface area contributed by atoms with E-state index >= 15 is 0 Å². The Morgan fingerprint density at radius 3 is 2.73 bits per heavy atom. The Morgan fingerprint density at radius 2 is 2.13 bits per heavy atom. The van der Waals surface area contributed by atoms with Crippen LogP contribution in [-0.4, -0.2) is 15.5 Å². The van der Waals surface area contributed by atoms with Crippen molar-refractivity contribution in [1.82, 2.24) is 0 Å². The van der Waals surface area contributed by atoms with Crippen LogP contribution in [0.3, 0.4) is 0 Å². The summed E-state index contributed by atoms with van der Waals surface area (Å²) in [6.07, 6.45) is 8.64. The predicted octanol–water partition coefficient (Wildman–Crippen LogP) is 3.10. The molecule has 0 aromatic rings. The number of hydrogen-bond donors (Lipinski definition) is 0. The number of rotatable bonds is 2. The predicted molar refractivity (Wildman–Crippen MR) is 65.4 cm³/mol. The zero-order valence-corrected chi connectivity index (χ0v) is 10.8. The molecule has 2 fully saturated rings. The maximum Gasteiger partial charge on any atom is 0.144 e. The second-order valence-corrected chi connectivity index (χ2v) is 7.91. The van der Waals surface area contributed by atoms with E-state index < -0.39 is 11.4 Å². The van der Waals surface area contributed by atoms with Crippen molar-refractivity contribution >= 4 is 17.6 Å². The molecule has 0 aromatic carbocycles. The molecule has 0 N–H and O–H groups in total. The molecule has 3 heteroatoms. The largest absolute Gasteiger partial charge is 0.591 e. The molecule has 15 heavy (non-hydrogen) atoms. The summed E-state index contributed by atoms with van der Waals surface area (Å²) < 4.78 is 15.8. The summed E-state index contributed by atoms with van der Waals surface area (Å²) in [4.78, 5) is 0.